The maximum atomic E-state index is 14.2. The Labute approximate surface area is 176 Å². The Morgan fingerprint density at radius 1 is 0.867 bits per heavy atom. The highest BCUT2D eigenvalue weighted by Crippen LogP contribution is 2.21. The average molecular weight is 416 g/mol. The fraction of sp³-hybridized carbons (Fsp3) is 0.417. The van der Waals surface area contributed by atoms with Crippen molar-refractivity contribution in [2.45, 2.75) is 58.3 Å². The predicted octanol–water partition coefficient (Wildman–Crippen LogP) is 6.26. The lowest BCUT2D eigenvalue weighted by Gasteiger charge is -2.09. The van der Waals surface area contributed by atoms with Crippen LogP contribution < -0.4 is 9.47 Å². The Hall–Kier alpha value is -2.89. The number of unbranched alkanes of at least 4 members (excludes halogenated alkanes) is 7. The Morgan fingerprint density at radius 2 is 1.47 bits per heavy atom. The molecule has 0 bridgehead atoms. The molecule has 0 unspecified atom stereocenters. The number of halogens is 1. The number of aromatic carboxylic acids is 1. The summed E-state index contributed by atoms with van der Waals surface area (Å²) in [6, 6.07) is 9.35. The molecule has 0 radical (unpaired) electrons. The van der Waals surface area contributed by atoms with Crippen molar-refractivity contribution in [1.82, 2.24) is 0 Å². The van der Waals surface area contributed by atoms with Crippen molar-refractivity contribution in [2.75, 3.05) is 6.61 Å². The molecule has 2 aromatic rings. The van der Waals surface area contributed by atoms with Crippen molar-refractivity contribution >= 4 is 11.9 Å². The van der Waals surface area contributed by atoms with Gasteiger partial charge in [-0.1, -0.05) is 51.9 Å². The van der Waals surface area contributed by atoms with E-state index in [9.17, 15) is 14.0 Å². The van der Waals surface area contributed by atoms with E-state index in [1.807, 2.05) is 0 Å². The second-order valence-electron chi connectivity index (χ2n) is 7.19. The van der Waals surface area contributed by atoms with Gasteiger partial charge in [0.15, 0.2) is 11.6 Å². The van der Waals surface area contributed by atoms with Crippen molar-refractivity contribution in [1.29, 1.82) is 0 Å². The molecule has 0 spiro atoms. The number of esters is 1. The standard InChI is InChI=1S/C24H29FO5/c1-2-3-4-5-6-7-8-9-16-29-22-15-12-19(17-21(22)25)24(28)30-20-13-10-18(11-14-20)23(26)27/h10-15,17H,2-9,16H2,1H3,(H,26,27). The third kappa shape index (κ3) is 7.85. The first kappa shape index (κ1) is 23.4. The third-order valence-corrected chi connectivity index (χ3v) is 4.73. The Kier molecular flexibility index (Phi) is 9.84. The van der Waals surface area contributed by atoms with E-state index in [1.165, 1.54) is 68.5 Å². The number of carboxylic acids is 1. The van der Waals surface area contributed by atoms with Crippen molar-refractivity contribution in [3.05, 3.63) is 59.4 Å². The maximum absolute atomic E-state index is 14.2. The molecular weight excluding hydrogens is 387 g/mol. The molecule has 2 aromatic carbocycles. The number of benzene rings is 2. The molecule has 5 nitrogen and oxygen atoms in total. The summed E-state index contributed by atoms with van der Waals surface area (Å²) in [4.78, 5) is 23.0. The number of rotatable bonds is 13. The van der Waals surface area contributed by atoms with E-state index < -0.39 is 17.8 Å². The van der Waals surface area contributed by atoms with Crippen LogP contribution in [-0.4, -0.2) is 23.7 Å². The van der Waals surface area contributed by atoms with Crippen molar-refractivity contribution < 1.29 is 28.6 Å². The number of carbonyl (C=O) groups is 2. The molecule has 0 aliphatic carbocycles. The first-order valence-corrected chi connectivity index (χ1v) is 10.5. The number of hydrogen-bond donors (Lipinski definition) is 1. The molecule has 162 valence electrons. The van der Waals surface area contributed by atoms with E-state index in [0.29, 0.717) is 6.61 Å². The van der Waals surface area contributed by atoms with Crippen molar-refractivity contribution in [2.24, 2.45) is 0 Å². The highest BCUT2D eigenvalue weighted by atomic mass is 19.1. The van der Waals surface area contributed by atoms with Crippen LogP contribution in [0.3, 0.4) is 0 Å². The molecule has 0 saturated heterocycles. The number of hydrogen-bond acceptors (Lipinski definition) is 4. The normalized spacial score (nSPS) is 10.6. The van der Waals surface area contributed by atoms with Crippen molar-refractivity contribution in [3.63, 3.8) is 0 Å². The molecule has 2 rings (SSSR count). The molecule has 0 amide bonds. The Morgan fingerprint density at radius 3 is 2.07 bits per heavy atom. The third-order valence-electron chi connectivity index (χ3n) is 4.73. The lowest BCUT2D eigenvalue weighted by atomic mass is 10.1. The lowest BCUT2D eigenvalue weighted by molar-refractivity contribution is 0.0696. The van der Waals surface area contributed by atoms with Crippen LogP contribution in [0, 0.1) is 5.82 Å². The first-order chi connectivity index (χ1) is 14.5. The van der Waals surface area contributed by atoms with Gasteiger partial charge in [0.05, 0.1) is 17.7 Å². The van der Waals surface area contributed by atoms with Crippen LogP contribution in [0.15, 0.2) is 42.5 Å². The largest absolute Gasteiger partial charge is 0.491 e. The van der Waals surface area contributed by atoms with Gasteiger partial charge in [-0.15, -0.1) is 0 Å². The number of carboxylic acid groups (broad SMARTS) is 1. The molecule has 30 heavy (non-hydrogen) atoms. The summed E-state index contributed by atoms with van der Waals surface area (Å²) < 4.78 is 24.9. The van der Waals surface area contributed by atoms with Crippen LogP contribution in [0.25, 0.3) is 0 Å². The van der Waals surface area contributed by atoms with Gasteiger partial charge in [0.2, 0.25) is 0 Å². The van der Waals surface area contributed by atoms with Gasteiger partial charge < -0.3 is 14.6 Å². The second kappa shape index (κ2) is 12.6. The second-order valence-corrected chi connectivity index (χ2v) is 7.19. The first-order valence-electron chi connectivity index (χ1n) is 10.5. The van der Waals surface area contributed by atoms with Gasteiger partial charge in [0, 0.05) is 0 Å². The molecule has 0 saturated carbocycles. The quantitative estimate of drug-likeness (QED) is 0.237. The van der Waals surface area contributed by atoms with Crippen LogP contribution in [0.4, 0.5) is 4.39 Å². The molecule has 0 aliphatic heterocycles. The van der Waals surface area contributed by atoms with Gasteiger partial charge in [0.1, 0.15) is 5.75 Å². The van der Waals surface area contributed by atoms with Gasteiger partial charge in [-0.2, -0.15) is 0 Å². The molecule has 0 aliphatic rings. The van der Waals surface area contributed by atoms with E-state index in [4.69, 9.17) is 14.6 Å². The van der Waals surface area contributed by atoms with Gasteiger partial charge in [-0.05, 0) is 48.9 Å². The number of ether oxygens (including phenoxy) is 2. The molecule has 0 fully saturated rings. The van der Waals surface area contributed by atoms with Gasteiger partial charge in [0.25, 0.3) is 0 Å². The number of carbonyl (C=O) groups excluding carboxylic acids is 1. The SMILES string of the molecule is CCCCCCCCCCOc1ccc(C(=O)Oc2ccc(C(=O)O)cc2)cc1F. The summed E-state index contributed by atoms with van der Waals surface area (Å²) in [6.45, 7) is 2.64. The smallest absolute Gasteiger partial charge is 0.343 e. The fourth-order valence-electron chi connectivity index (χ4n) is 2.99. The highest BCUT2D eigenvalue weighted by Gasteiger charge is 2.13. The van der Waals surface area contributed by atoms with Gasteiger partial charge >= 0.3 is 11.9 Å². The van der Waals surface area contributed by atoms with Crippen LogP contribution in [-0.2, 0) is 0 Å². The summed E-state index contributed by atoms with van der Waals surface area (Å²) in [5, 5.41) is 8.87. The van der Waals surface area contributed by atoms with Crippen LogP contribution in [0.5, 0.6) is 11.5 Å². The molecule has 0 heterocycles. The zero-order valence-corrected chi connectivity index (χ0v) is 17.4. The van der Waals surface area contributed by atoms with Crippen molar-refractivity contribution in [3.8, 4) is 11.5 Å². The molecule has 0 atom stereocenters. The molecule has 0 aromatic heterocycles. The molecular formula is C24H29FO5. The zero-order chi connectivity index (χ0) is 21.8. The minimum Gasteiger partial charge on any atom is -0.491 e. The van der Waals surface area contributed by atoms with Crippen LogP contribution in [0.1, 0.15) is 79.0 Å². The summed E-state index contributed by atoms with van der Waals surface area (Å²) in [7, 11) is 0. The lowest BCUT2D eigenvalue weighted by Crippen LogP contribution is -2.09. The Bertz CT molecular complexity index is 817. The minimum absolute atomic E-state index is 0.0502. The Balaban J connectivity index is 1.76. The van der Waals surface area contributed by atoms with E-state index in [0.717, 1.165) is 25.3 Å². The summed E-state index contributed by atoms with van der Waals surface area (Å²) in [5.74, 6) is -2.13. The predicted molar refractivity (Wildman–Crippen MR) is 113 cm³/mol. The van der Waals surface area contributed by atoms with Crippen LogP contribution >= 0.6 is 0 Å². The van der Waals surface area contributed by atoms with E-state index in [2.05, 4.69) is 6.92 Å². The monoisotopic (exact) mass is 416 g/mol. The molecule has 1 N–H and O–H groups in total. The summed E-state index contributed by atoms with van der Waals surface area (Å²) in [5.41, 5.74) is 0.132. The minimum atomic E-state index is -1.07. The van der Waals surface area contributed by atoms with Crippen LogP contribution in [0.2, 0.25) is 0 Å². The summed E-state index contributed by atoms with van der Waals surface area (Å²) in [6.07, 6.45) is 9.41. The fourth-order valence-corrected chi connectivity index (χ4v) is 2.99. The average Bonchev–Trinajstić information content (AvgIpc) is 2.73. The molecule has 6 heteroatoms. The maximum Gasteiger partial charge on any atom is 0.343 e. The highest BCUT2D eigenvalue weighted by molar-refractivity contribution is 5.91. The van der Waals surface area contributed by atoms with E-state index in [-0.39, 0.29) is 22.6 Å². The van der Waals surface area contributed by atoms with Gasteiger partial charge in [-0.25, -0.2) is 14.0 Å². The summed E-state index contributed by atoms with van der Waals surface area (Å²) >= 11 is 0. The van der Waals surface area contributed by atoms with E-state index in [1.54, 1.807) is 0 Å². The topological polar surface area (TPSA) is 72.8 Å². The van der Waals surface area contributed by atoms with E-state index >= 15 is 0 Å². The van der Waals surface area contributed by atoms with Gasteiger partial charge in [-0.3, -0.25) is 0 Å². The zero-order valence-electron chi connectivity index (χ0n) is 17.4.